The van der Waals surface area contributed by atoms with Gasteiger partial charge in [0.25, 0.3) is 0 Å². The summed E-state index contributed by atoms with van der Waals surface area (Å²) in [5.41, 5.74) is 9.86. The zero-order chi connectivity index (χ0) is 10.3. The fourth-order valence-corrected chi connectivity index (χ4v) is 1.90. The summed E-state index contributed by atoms with van der Waals surface area (Å²) < 4.78 is 2.08. The lowest BCUT2D eigenvalue weighted by Gasteiger charge is -1.99. The van der Waals surface area contributed by atoms with E-state index in [0.717, 1.165) is 22.2 Å². The van der Waals surface area contributed by atoms with Crippen LogP contribution in [0, 0.1) is 0 Å². The van der Waals surface area contributed by atoms with E-state index >= 15 is 0 Å². The fourth-order valence-electron chi connectivity index (χ4n) is 1.90. The molecule has 0 aliphatic rings. The van der Waals surface area contributed by atoms with Gasteiger partial charge < -0.3 is 5.73 Å². The van der Waals surface area contributed by atoms with Crippen molar-refractivity contribution in [1.29, 1.82) is 0 Å². The second-order valence-electron chi connectivity index (χ2n) is 3.53. The van der Waals surface area contributed by atoms with Crippen LogP contribution in [0.15, 0.2) is 42.6 Å². The first-order valence-corrected chi connectivity index (χ1v) is 4.95. The first-order valence-electron chi connectivity index (χ1n) is 4.95. The number of rotatable bonds is 1. The minimum atomic E-state index is 0.521. The molecule has 3 nitrogen and oxygen atoms in total. The summed E-state index contributed by atoms with van der Waals surface area (Å²) in [6.07, 6.45) is 2.02. The number of hydrogen-bond acceptors (Lipinski definition) is 2. The van der Waals surface area contributed by atoms with Crippen molar-refractivity contribution in [2.75, 3.05) is 0 Å². The molecule has 2 N–H and O–H groups in total. The summed E-state index contributed by atoms with van der Waals surface area (Å²) in [5, 5.41) is 0. The number of pyridine rings is 1. The number of benzene rings is 1. The molecule has 0 saturated heterocycles. The lowest BCUT2D eigenvalue weighted by atomic mass is 10.3. The van der Waals surface area contributed by atoms with Gasteiger partial charge in [-0.25, -0.2) is 4.98 Å². The Hall–Kier alpha value is -1.87. The number of hydrogen-bond donors (Lipinski definition) is 1. The predicted octanol–water partition coefficient (Wildman–Crippen LogP) is 1.95. The highest BCUT2D eigenvalue weighted by molar-refractivity contribution is 5.81. The van der Waals surface area contributed by atoms with Crippen molar-refractivity contribution >= 4 is 16.7 Å². The van der Waals surface area contributed by atoms with Crippen LogP contribution < -0.4 is 5.73 Å². The SMILES string of the molecule is NCc1cccn2c1nc1ccccc12. The highest BCUT2D eigenvalue weighted by Crippen LogP contribution is 2.18. The van der Waals surface area contributed by atoms with Gasteiger partial charge in [0.2, 0.25) is 0 Å². The summed E-state index contributed by atoms with van der Waals surface area (Å²) in [6, 6.07) is 12.1. The lowest BCUT2D eigenvalue weighted by molar-refractivity contribution is 1.05. The van der Waals surface area contributed by atoms with Gasteiger partial charge >= 0.3 is 0 Å². The van der Waals surface area contributed by atoms with E-state index in [1.165, 1.54) is 0 Å². The molecule has 0 unspecified atom stereocenters. The van der Waals surface area contributed by atoms with Crippen molar-refractivity contribution in [3.05, 3.63) is 48.2 Å². The molecule has 1 aromatic carbocycles. The predicted molar refractivity (Wildman–Crippen MR) is 60.6 cm³/mol. The average Bonchev–Trinajstić information content (AvgIpc) is 2.67. The summed E-state index contributed by atoms with van der Waals surface area (Å²) >= 11 is 0. The Labute approximate surface area is 87.2 Å². The molecule has 2 heterocycles. The second kappa shape index (κ2) is 3.07. The number of imidazole rings is 1. The number of aromatic nitrogens is 2. The minimum Gasteiger partial charge on any atom is -0.326 e. The molecule has 74 valence electrons. The van der Waals surface area contributed by atoms with Crippen LogP contribution in [-0.4, -0.2) is 9.38 Å². The van der Waals surface area contributed by atoms with Crippen LogP contribution in [0.1, 0.15) is 5.56 Å². The number of nitrogens with two attached hydrogens (primary N) is 1. The van der Waals surface area contributed by atoms with E-state index < -0.39 is 0 Å². The smallest absolute Gasteiger partial charge is 0.142 e. The van der Waals surface area contributed by atoms with Crippen molar-refractivity contribution in [2.45, 2.75) is 6.54 Å². The Morgan fingerprint density at radius 3 is 2.87 bits per heavy atom. The average molecular weight is 197 g/mol. The van der Waals surface area contributed by atoms with Gasteiger partial charge in [-0.3, -0.25) is 4.40 Å². The molecule has 2 aromatic heterocycles. The molecular weight excluding hydrogens is 186 g/mol. The molecule has 3 rings (SSSR count). The van der Waals surface area contributed by atoms with Gasteiger partial charge in [-0.2, -0.15) is 0 Å². The molecular formula is C12H11N3. The minimum absolute atomic E-state index is 0.521. The van der Waals surface area contributed by atoms with Crippen molar-refractivity contribution in [1.82, 2.24) is 9.38 Å². The standard InChI is InChI=1S/C12H11N3/c13-8-9-4-3-7-15-11-6-2-1-5-10(11)14-12(9)15/h1-7H,8,13H2. The van der Waals surface area contributed by atoms with Crippen LogP contribution in [0.2, 0.25) is 0 Å². The van der Waals surface area contributed by atoms with Crippen molar-refractivity contribution in [3.63, 3.8) is 0 Å². The van der Waals surface area contributed by atoms with Crippen molar-refractivity contribution < 1.29 is 0 Å². The Morgan fingerprint density at radius 1 is 1.13 bits per heavy atom. The Kier molecular flexibility index (Phi) is 1.73. The Morgan fingerprint density at radius 2 is 2.00 bits per heavy atom. The third-order valence-corrected chi connectivity index (χ3v) is 2.64. The zero-order valence-electron chi connectivity index (χ0n) is 8.22. The van der Waals surface area contributed by atoms with Gasteiger partial charge in [-0.1, -0.05) is 18.2 Å². The van der Waals surface area contributed by atoms with Crippen molar-refractivity contribution in [3.8, 4) is 0 Å². The van der Waals surface area contributed by atoms with E-state index in [1.807, 2.05) is 36.5 Å². The maximum absolute atomic E-state index is 5.68. The molecule has 0 radical (unpaired) electrons. The first-order chi connectivity index (χ1) is 7.40. The summed E-state index contributed by atoms with van der Waals surface area (Å²) in [7, 11) is 0. The lowest BCUT2D eigenvalue weighted by Crippen LogP contribution is -1.99. The van der Waals surface area contributed by atoms with Crippen LogP contribution in [0.3, 0.4) is 0 Å². The Bertz CT molecular complexity index is 625. The second-order valence-corrected chi connectivity index (χ2v) is 3.53. The van der Waals surface area contributed by atoms with Crippen LogP contribution in [0.4, 0.5) is 0 Å². The molecule has 0 aliphatic carbocycles. The van der Waals surface area contributed by atoms with Crippen LogP contribution in [0.5, 0.6) is 0 Å². The third-order valence-electron chi connectivity index (χ3n) is 2.64. The number of fused-ring (bicyclic) bond motifs is 3. The molecule has 0 amide bonds. The highest BCUT2D eigenvalue weighted by Gasteiger charge is 2.05. The van der Waals surface area contributed by atoms with E-state index in [-0.39, 0.29) is 0 Å². The topological polar surface area (TPSA) is 43.3 Å². The third kappa shape index (κ3) is 1.13. The van der Waals surface area contributed by atoms with Crippen LogP contribution in [0.25, 0.3) is 16.7 Å². The first kappa shape index (κ1) is 8.44. The maximum atomic E-state index is 5.68. The van der Waals surface area contributed by atoms with E-state index in [9.17, 15) is 0 Å². The van der Waals surface area contributed by atoms with Crippen molar-refractivity contribution in [2.24, 2.45) is 5.73 Å². The molecule has 0 spiro atoms. The fraction of sp³-hybridized carbons (Fsp3) is 0.0833. The number of para-hydroxylation sites is 2. The molecule has 15 heavy (non-hydrogen) atoms. The van der Waals surface area contributed by atoms with Crippen LogP contribution >= 0.6 is 0 Å². The normalized spacial score (nSPS) is 11.3. The van der Waals surface area contributed by atoms with Gasteiger partial charge in [0, 0.05) is 18.3 Å². The molecule has 0 bridgehead atoms. The van der Waals surface area contributed by atoms with E-state index in [4.69, 9.17) is 5.73 Å². The van der Waals surface area contributed by atoms with Gasteiger partial charge in [-0.05, 0) is 18.2 Å². The highest BCUT2D eigenvalue weighted by atomic mass is 15.0. The molecule has 3 heteroatoms. The maximum Gasteiger partial charge on any atom is 0.142 e. The molecule has 0 atom stereocenters. The zero-order valence-corrected chi connectivity index (χ0v) is 8.22. The summed E-state index contributed by atoms with van der Waals surface area (Å²) in [6.45, 7) is 0.521. The van der Waals surface area contributed by atoms with Gasteiger partial charge in [0.15, 0.2) is 0 Å². The van der Waals surface area contributed by atoms with E-state index in [1.54, 1.807) is 0 Å². The van der Waals surface area contributed by atoms with E-state index in [0.29, 0.717) is 6.54 Å². The molecule has 0 fully saturated rings. The van der Waals surface area contributed by atoms with Gasteiger partial charge in [0.05, 0.1) is 11.0 Å². The summed E-state index contributed by atoms with van der Waals surface area (Å²) in [4.78, 5) is 4.57. The largest absolute Gasteiger partial charge is 0.326 e. The monoisotopic (exact) mass is 197 g/mol. The molecule has 0 saturated carbocycles. The van der Waals surface area contributed by atoms with Gasteiger partial charge in [-0.15, -0.1) is 0 Å². The van der Waals surface area contributed by atoms with Gasteiger partial charge in [0.1, 0.15) is 5.65 Å². The molecule has 0 aliphatic heterocycles. The van der Waals surface area contributed by atoms with Crippen LogP contribution in [-0.2, 0) is 6.54 Å². The molecule has 3 aromatic rings. The Balaban J connectivity index is 2.53. The summed E-state index contributed by atoms with van der Waals surface area (Å²) in [5.74, 6) is 0. The number of nitrogens with zero attached hydrogens (tertiary/aromatic N) is 2. The quantitative estimate of drug-likeness (QED) is 0.648. The van der Waals surface area contributed by atoms with E-state index in [2.05, 4.69) is 15.5 Å².